The van der Waals surface area contributed by atoms with Crippen molar-refractivity contribution in [1.82, 2.24) is 5.43 Å². The Bertz CT molecular complexity index is 242. The molecule has 0 atom stereocenters. The van der Waals surface area contributed by atoms with Crippen molar-refractivity contribution in [2.24, 2.45) is 0 Å². The molecule has 1 heterocycles. The molecule has 2 rings (SSSR count). The van der Waals surface area contributed by atoms with Crippen molar-refractivity contribution in [2.45, 2.75) is 0 Å². The highest BCUT2D eigenvalue weighted by Crippen LogP contribution is 2.10. The number of benzene rings is 1. The first-order valence-electron chi connectivity index (χ1n) is 4.61. The molecule has 1 aliphatic rings. The van der Waals surface area contributed by atoms with Crippen LogP contribution in [0.15, 0.2) is 30.3 Å². The van der Waals surface area contributed by atoms with Crippen molar-refractivity contribution >= 4 is 5.69 Å². The fourth-order valence-corrected chi connectivity index (χ4v) is 1.42. The molecule has 0 bridgehead atoms. The molecule has 70 valence electrons. The van der Waals surface area contributed by atoms with E-state index in [4.69, 9.17) is 4.74 Å². The van der Waals surface area contributed by atoms with Crippen molar-refractivity contribution in [1.29, 1.82) is 0 Å². The van der Waals surface area contributed by atoms with E-state index in [-0.39, 0.29) is 0 Å². The van der Waals surface area contributed by atoms with Crippen LogP contribution in [-0.4, -0.2) is 26.3 Å². The van der Waals surface area contributed by atoms with Crippen molar-refractivity contribution in [3.05, 3.63) is 30.3 Å². The van der Waals surface area contributed by atoms with E-state index in [1.807, 2.05) is 18.2 Å². The topological polar surface area (TPSA) is 24.5 Å². The maximum absolute atomic E-state index is 5.34. The third-order valence-corrected chi connectivity index (χ3v) is 2.08. The predicted octanol–water partition coefficient (Wildman–Crippen LogP) is 1.03. The highest BCUT2D eigenvalue weighted by Gasteiger charge is 2.07. The normalized spacial score (nSPS) is 18.3. The average molecular weight is 178 g/mol. The summed E-state index contributed by atoms with van der Waals surface area (Å²) >= 11 is 0. The first-order valence-corrected chi connectivity index (χ1v) is 4.61. The van der Waals surface area contributed by atoms with Gasteiger partial charge in [-0.05, 0) is 12.1 Å². The van der Waals surface area contributed by atoms with Crippen LogP contribution < -0.4 is 10.4 Å². The Morgan fingerprint density at radius 2 is 2.00 bits per heavy atom. The summed E-state index contributed by atoms with van der Waals surface area (Å²) in [7, 11) is 0. The van der Waals surface area contributed by atoms with Gasteiger partial charge in [0.15, 0.2) is 0 Å². The Labute approximate surface area is 78.3 Å². The number of para-hydroxylation sites is 1. The van der Waals surface area contributed by atoms with Crippen LogP contribution >= 0.6 is 0 Å². The van der Waals surface area contributed by atoms with Crippen molar-refractivity contribution in [3.8, 4) is 0 Å². The summed E-state index contributed by atoms with van der Waals surface area (Å²) in [4.78, 5) is 0. The third kappa shape index (κ3) is 2.20. The van der Waals surface area contributed by atoms with Gasteiger partial charge in [0.25, 0.3) is 0 Å². The second kappa shape index (κ2) is 4.25. The summed E-state index contributed by atoms with van der Waals surface area (Å²) < 4.78 is 5.34. The maximum Gasteiger partial charge on any atom is 0.0658 e. The maximum atomic E-state index is 5.34. The summed E-state index contributed by atoms with van der Waals surface area (Å²) in [5.41, 5.74) is 4.51. The lowest BCUT2D eigenvalue weighted by Crippen LogP contribution is -2.38. The van der Waals surface area contributed by atoms with Crippen LogP contribution in [0.25, 0.3) is 0 Å². The first kappa shape index (κ1) is 8.53. The van der Waals surface area contributed by atoms with Gasteiger partial charge < -0.3 is 9.75 Å². The molecular formula is C10H14N2O. The van der Waals surface area contributed by atoms with Crippen molar-refractivity contribution in [3.63, 3.8) is 0 Å². The van der Waals surface area contributed by atoms with E-state index in [1.165, 1.54) is 5.69 Å². The minimum Gasteiger partial charge on any atom is -0.378 e. The van der Waals surface area contributed by atoms with Crippen LogP contribution in [0.1, 0.15) is 0 Å². The number of hydrogen-bond donors (Lipinski definition) is 1. The molecule has 0 saturated carbocycles. The van der Waals surface area contributed by atoms with E-state index < -0.39 is 0 Å². The summed E-state index contributed by atoms with van der Waals surface area (Å²) in [5.74, 6) is 0. The molecule has 0 amide bonds. The Morgan fingerprint density at radius 3 is 2.85 bits per heavy atom. The average Bonchev–Trinajstić information content (AvgIpc) is 2.47. The third-order valence-electron chi connectivity index (χ3n) is 2.08. The fourth-order valence-electron chi connectivity index (χ4n) is 1.42. The van der Waals surface area contributed by atoms with Gasteiger partial charge in [-0.15, -0.1) is 0 Å². The molecule has 1 aliphatic heterocycles. The molecule has 0 unspecified atom stereocenters. The molecule has 1 fully saturated rings. The quantitative estimate of drug-likeness (QED) is 0.695. The van der Waals surface area contributed by atoms with E-state index in [9.17, 15) is 0 Å². The molecule has 3 heteroatoms. The summed E-state index contributed by atoms with van der Waals surface area (Å²) in [6.45, 7) is 3.38. The van der Waals surface area contributed by atoms with Gasteiger partial charge in [-0.1, -0.05) is 18.2 Å². The molecular weight excluding hydrogens is 164 g/mol. The van der Waals surface area contributed by atoms with E-state index in [2.05, 4.69) is 22.6 Å². The van der Waals surface area contributed by atoms with Crippen LogP contribution in [-0.2, 0) is 4.74 Å². The Morgan fingerprint density at radius 1 is 1.15 bits per heavy atom. The zero-order chi connectivity index (χ0) is 8.93. The van der Waals surface area contributed by atoms with Gasteiger partial charge in [-0.3, -0.25) is 0 Å². The standard InChI is InChI=1S/C10H14N2O/c1-2-4-10(5-3-1)12-7-9-13-8-6-11-12/h1-5,11H,6-9H2. The summed E-state index contributed by atoms with van der Waals surface area (Å²) in [6.07, 6.45) is 0. The van der Waals surface area contributed by atoms with E-state index in [0.29, 0.717) is 0 Å². The van der Waals surface area contributed by atoms with Gasteiger partial charge in [0.2, 0.25) is 0 Å². The number of nitrogens with zero attached hydrogens (tertiary/aromatic N) is 1. The van der Waals surface area contributed by atoms with Crippen LogP contribution in [0.2, 0.25) is 0 Å². The molecule has 1 saturated heterocycles. The van der Waals surface area contributed by atoms with Gasteiger partial charge in [0, 0.05) is 6.54 Å². The largest absolute Gasteiger partial charge is 0.378 e. The second-order valence-electron chi connectivity index (χ2n) is 3.01. The molecule has 0 aliphatic carbocycles. The number of rotatable bonds is 1. The Hall–Kier alpha value is -1.06. The van der Waals surface area contributed by atoms with Crippen LogP contribution in [0.3, 0.4) is 0 Å². The summed E-state index contributed by atoms with van der Waals surface area (Å²) in [5, 5.41) is 2.13. The van der Waals surface area contributed by atoms with Gasteiger partial charge >= 0.3 is 0 Å². The smallest absolute Gasteiger partial charge is 0.0658 e. The highest BCUT2D eigenvalue weighted by atomic mass is 16.5. The van der Waals surface area contributed by atoms with E-state index in [1.54, 1.807) is 0 Å². The lowest BCUT2D eigenvalue weighted by atomic mass is 10.3. The molecule has 0 aromatic heterocycles. The molecule has 1 N–H and O–H groups in total. The number of hydrogen-bond acceptors (Lipinski definition) is 3. The number of hydrazine groups is 1. The lowest BCUT2D eigenvalue weighted by Gasteiger charge is -2.22. The fraction of sp³-hybridized carbons (Fsp3) is 0.400. The van der Waals surface area contributed by atoms with Crippen LogP contribution in [0.4, 0.5) is 5.69 Å². The SMILES string of the molecule is c1ccc(N2CCOCCN2)cc1. The minimum atomic E-state index is 0.794. The van der Waals surface area contributed by atoms with Gasteiger partial charge in [0.05, 0.1) is 25.4 Å². The highest BCUT2D eigenvalue weighted by molar-refractivity contribution is 5.44. The molecule has 13 heavy (non-hydrogen) atoms. The molecule has 0 radical (unpaired) electrons. The molecule has 0 spiro atoms. The van der Waals surface area contributed by atoms with Gasteiger partial charge in [-0.2, -0.15) is 0 Å². The van der Waals surface area contributed by atoms with Crippen LogP contribution in [0, 0.1) is 0 Å². The molecule has 1 aromatic carbocycles. The lowest BCUT2D eigenvalue weighted by molar-refractivity contribution is 0.158. The van der Waals surface area contributed by atoms with Gasteiger partial charge in [0.1, 0.15) is 0 Å². The van der Waals surface area contributed by atoms with Crippen molar-refractivity contribution in [2.75, 3.05) is 31.3 Å². The Balaban J connectivity index is 2.06. The Kier molecular flexibility index (Phi) is 2.79. The zero-order valence-corrected chi connectivity index (χ0v) is 7.57. The predicted molar refractivity (Wildman–Crippen MR) is 52.6 cm³/mol. The zero-order valence-electron chi connectivity index (χ0n) is 7.57. The minimum absolute atomic E-state index is 0.794. The number of nitrogens with one attached hydrogen (secondary N) is 1. The summed E-state index contributed by atoms with van der Waals surface area (Å²) in [6, 6.07) is 10.3. The number of ether oxygens (including phenoxy) is 1. The monoisotopic (exact) mass is 178 g/mol. The van der Waals surface area contributed by atoms with Gasteiger partial charge in [-0.25, -0.2) is 5.43 Å². The van der Waals surface area contributed by atoms with Crippen LogP contribution in [0.5, 0.6) is 0 Å². The second-order valence-corrected chi connectivity index (χ2v) is 3.01. The van der Waals surface area contributed by atoms with E-state index >= 15 is 0 Å². The van der Waals surface area contributed by atoms with Crippen molar-refractivity contribution < 1.29 is 4.74 Å². The molecule has 3 nitrogen and oxygen atoms in total. The number of anilines is 1. The first-order chi connectivity index (χ1) is 6.47. The molecule has 1 aromatic rings. The van der Waals surface area contributed by atoms with E-state index in [0.717, 1.165) is 26.3 Å².